The molecule has 3 heterocycles. The number of ether oxygens (including phenoxy) is 1. The Hall–Kier alpha value is -1.41. The zero-order valence-electron chi connectivity index (χ0n) is 13.1. The van der Waals surface area contributed by atoms with Gasteiger partial charge in [-0.15, -0.1) is 0 Å². The molecule has 8 heteroatoms. The summed E-state index contributed by atoms with van der Waals surface area (Å²) in [6.07, 6.45) is -3.34. The molecule has 0 radical (unpaired) electrons. The summed E-state index contributed by atoms with van der Waals surface area (Å²) in [4.78, 5) is 12.1. The van der Waals surface area contributed by atoms with Crippen LogP contribution < -0.4 is 4.90 Å². The molecular formula is C15H21F3N4O. The molecular weight excluding hydrogens is 309 g/mol. The van der Waals surface area contributed by atoms with Gasteiger partial charge >= 0.3 is 6.18 Å². The summed E-state index contributed by atoms with van der Waals surface area (Å²) in [5.41, 5.74) is -0.529. The SMILES string of the molecule is Cc1cc(C(F)(F)F)nc(N2CCN(C[C@@H]3CCOC3)CC2)n1. The maximum absolute atomic E-state index is 12.9. The minimum atomic E-state index is -4.44. The van der Waals surface area contributed by atoms with Crippen LogP contribution in [-0.2, 0) is 10.9 Å². The summed E-state index contributed by atoms with van der Waals surface area (Å²) >= 11 is 0. The van der Waals surface area contributed by atoms with Crippen molar-refractivity contribution in [1.82, 2.24) is 14.9 Å². The zero-order valence-corrected chi connectivity index (χ0v) is 13.1. The number of rotatable bonds is 3. The highest BCUT2D eigenvalue weighted by atomic mass is 19.4. The van der Waals surface area contributed by atoms with Crippen LogP contribution in [0.3, 0.4) is 0 Å². The molecule has 2 aliphatic heterocycles. The average molecular weight is 330 g/mol. The van der Waals surface area contributed by atoms with Gasteiger partial charge in [-0.3, -0.25) is 4.90 Å². The Morgan fingerprint density at radius 1 is 1.22 bits per heavy atom. The van der Waals surface area contributed by atoms with E-state index in [0.717, 1.165) is 45.3 Å². The molecule has 0 unspecified atom stereocenters. The second-order valence-corrected chi connectivity index (χ2v) is 6.21. The number of halogens is 3. The number of alkyl halides is 3. The fourth-order valence-corrected chi connectivity index (χ4v) is 3.06. The van der Waals surface area contributed by atoms with E-state index in [0.29, 0.717) is 24.7 Å². The Bertz CT molecular complexity index is 538. The first-order valence-electron chi connectivity index (χ1n) is 7.90. The summed E-state index contributed by atoms with van der Waals surface area (Å²) in [5, 5.41) is 0. The smallest absolute Gasteiger partial charge is 0.381 e. The van der Waals surface area contributed by atoms with Gasteiger partial charge < -0.3 is 9.64 Å². The fourth-order valence-electron chi connectivity index (χ4n) is 3.06. The molecule has 1 aromatic rings. The van der Waals surface area contributed by atoms with E-state index in [1.165, 1.54) is 0 Å². The van der Waals surface area contributed by atoms with Crippen LogP contribution in [0.15, 0.2) is 6.07 Å². The highest BCUT2D eigenvalue weighted by Crippen LogP contribution is 2.29. The molecule has 0 N–H and O–H groups in total. The number of hydrogen-bond acceptors (Lipinski definition) is 5. The fraction of sp³-hybridized carbons (Fsp3) is 0.733. The van der Waals surface area contributed by atoms with Gasteiger partial charge in [0.15, 0.2) is 0 Å². The summed E-state index contributed by atoms with van der Waals surface area (Å²) in [7, 11) is 0. The molecule has 0 amide bonds. The van der Waals surface area contributed by atoms with Crippen molar-refractivity contribution in [3.05, 3.63) is 17.5 Å². The van der Waals surface area contributed by atoms with E-state index >= 15 is 0 Å². The third-order valence-corrected chi connectivity index (χ3v) is 4.33. The summed E-state index contributed by atoms with van der Waals surface area (Å²) < 4.78 is 44.0. The molecule has 3 rings (SSSR count). The summed E-state index contributed by atoms with van der Waals surface area (Å²) in [6, 6.07) is 0.986. The average Bonchev–Trinajstić information content (AvgIpc) is 2.99. The molecule has 1 aromatic heterocycles. The predicted molar refractivity (Wildman–Crippen MR) is 79.4 cm³/mol. The lowest BCUT2D eigenvalue weighted by molar-refractivity contribution is -0.141. The van der Waals surface area contributed by atoms with Crippen LogP contribution in [0, 0.1) is 12.8 Å². The van der Waals surface area contributed by atoms with Crippen molar-refractivity contribution >= 4 is 5.95 Å². The zero-order chi connectivity index (χ0) is 16.4. The van der Waals surface area contributed by atoms with E-state index in [2.05, 4.69) is 14.9 Å². The lowest BCUT2D eigenvalue weighted by atomic mass is 10.1. The Balaban J connectivity index is 1.62. The standard InChI is InChI=1S/C15H21F3N4O/c1-11-8-13(15(16,17)18)20-14(19-11)22-5-3-21(4-6-22)9-12-2-7-23-10-12/h8,12H,2-7,9-10H2,1H3/t12-/m0/s1. The van der Waals surface area contributed by atoms with E-state index in [9.17, 15) is 13.2 Å². The quantitative estimate of drug-likeness (QED) is 0.847. The van der Waals surface area contributed by atoms with Crippen LogP contribution in [0.25, 0.3) is 0 Å². The molecule has 2 saturated heterocycles. The predicted octanol–water partition coefficient (Wildman–Crippen LogP) is 1.96. The Morgan fingerprint density at radius 3 is 2.57 bits per heavy atom. The number of aromatic nitrogens is 2. The van der Waals surface area contributed by atoms with Crippen LogP contribution in [-0.4, -0.2) is 60.8 Å². The van der Waals surface area contributed by atoms with Crippen molar-refractivity contribution in [3.8, 4) is 0 Å². The summed E-state index contributed by atoms with van der Waals surface area (Å²) in [5.74, 6) is 0.759. The molecule has 0 bridgehead atoms. The van der Waals surface area contributed by atoms with Crippen LogP contribution in [0.5, 0.6) is 0 Å². The van der Waals surface area contributed by atoms with E-state index in [4.69, 9.17) is 4.74 Å². The van der Waals surface area contributed by atoms with Crippen molar-refractivity contribution in [2.75, 3.05) is 50.8 Å². The number of piperazine rings is 1. The van der Waals surface area contributed by atoms with Crippen LogP contribution in [0.2, 0.25) is 0 Å². The molecule has 0 aliphatic carbocycles. The van der Waals surface area contributed by atoms with Crippen LogP contribution >= 0.6 is 0 Å². The van der Waals surface area contributed by atoms with Gasteiger partial charge in [0.25, 0.3) is 0 Å². The van der Waals surface area contributed by atoms with Gasteiger partial charge in [0, 0.05) is 45.0 Å². The first-order valence-corrected chi connectivity index (χ1v) is 7.90. The second kappa shape index (κ2) is 6.60. The molecule has 2 fully saturated rings. The van der Waals surface area contributed by atoms with Gasteiger partial charge in [0.1, 0.15) is 5.69 Å². The van der Waals surface area contributed by atoms with Crippen molar-refractivity contribution in [2.24, 2.45) is 5.92 Å². The van der Waals surface area contributed by atoms with E-state index < -0.39 is 11.9 Å². The highest BCUT2D eigenvalue weighted by molar-refractivity contribution is 5.33. The lowest BCUT2D eigenvalue weighted by Crippen LogP contribution is -2.48. The van der Waals surface area contributed by atoms with E-state index in [1.54, 1.807) is 6.92 Å². The maximum Gasteiger partial charge on any atom is 0.433 e. The van der Waals surface area contributed by atoms with Crippen molar-refractivity contribution in [2.45, 2.75) is 19.5 Å². The topological polar surface area (TPSA) is 41.5 Å². The van der Waals surface area contributed by atoms with Gasteiger partial charge in [0.2, 0.25) is 5.95 Å². The molecule has 5 nitrogen and oxygen atoms in total. The monoisotopic (exact) mass is 330 g/mol. The molecule has 0 aromatic carbocycles. The normalized spacial score (nSPS) is 23.5. The van der Waals surface area contributed by atoms with Gasteiger partial charge in [-0.25, -0.2) is 9.97 Å². The molecule has 2 aliphatic rings. The third kappa shape index (κ3) is 4.11. The molecule has 23 heavy (non-hydrogen) atoms. The molecule has 0 spiro atoms. The Kier molecular flexibility index (Phi) is 4.72. The lowest BCUT2D eigenvalue weighted by Gasteiger charge is -2.35. The third-order valence-electron chi connectivity index (χ3n) is 4.33. The maximum atomic E-state index is 12.9. The highest BCUT2D eigenvalue weighted by Gasteiger charge is 2.34. The number of anilines is 1. The van der Waals surface area contributed by atoms with Gasteiger partial charge in [-0.1, -0.05) is 0 Å². The molecule has 0 saturated carbocycles. The van der Waals surface area contributed by atoms with Gasteiger partial charge in [-0.2, -0.15) is 13.2 Å². The van der Waals surface area contributed by atoms with Gasteiger partial charge in [0.05, 0.1) is 6.61 Å². The number of hydrogen-bond donors (Lipinski definition) is 0. The second-order valence-electron chi connectivity index (χ2n) is 6.21. The molecule has 128 valence electrons. The van der Waals surface area contributed by atoms with E-state index in [-0.39, 0.29) is 5.95 Å². The minimum Gasteiger partial charge on any atom is -0.381 e. The number of aryl methyl sites for hydroxylation is 1. The molecule has 1 atom stereocenters. The van der Waals surface area contributed by atoms with Crippen molar-refractivity contribution in [1.29, 1.82) is 0 Å². The van der Waals surface area contributed by atoms with Gasteiger partial charge in [-0.05, 0) is 25.3 Å². The van der Waals surface area contributed by atoms with Crippen molar-refractivity contribution < 1.29 is 17.9 Å². The largest absolute Gasteiger partial charge is 0.433 e. The first kappa shape index (κ1) is 16.4. The summed E-state index contributed by atoms with van der Waals surface area (Å²) in [6.45, 7) is 7.14. The Morgan fingerprint density at radius 2 is 1.96 bits per heavy atom. The van der Waals surface area contributed by atoms with Crippen molar-refractivity contribution in [3.63, 3.8) is 0 Å². The van der Waals surface area contributed by atoms with Crippen LogP contribution in [0.4, 0.5) is 19.1 Å². The number of nitrogens with zero attached hydrogens (tertiary/aromatic N) is 4. The Labute approximate surface area is 133 Å². The van der Waals surface area contributed by atoms with Crippen LogP contribution in [0.1, 0.15) is 17.8 Å². The first-order chi connectivity index (χ1) is 10.9. The minimum absolute atomic E-state index is 0.182. The van der Waals surface area contributed by atoms with E-state index in [1.807, 2.05) is 4.90 Å².